The second kappa shape index (κ2) is 5.40. The van der Waals surface area contributed by atoms with E-state index in [4.69, 9.17) is 9.84 Å². The number of aliphatic hydroxyl groups excluding tert-OH is 1. The van der Waals surface area contributed by atoms with Gasteiger partial charge in [-0.3, -0.25) is 4.79 Å². The highest BCUT2D eigenvalue weighted by molar-refractivity contribution is 5.71. The number of aliphatic hydroxyl groups is 1. The number of carboxylic acids is 1. The number of ether oxygens (including phenoxy) is 1. The molecule has 3 atom stereocenters. The van der Waals surface area contributed by atoms with Crippen molar-refractivity contribution in [2.24, 2.45) is 11.8 Å². The quantitative estimate of drug-likeness (QED) is 0.856. The van der Waals surface area contributed by atoms with Gasteiger partial charge >= 0.3 is 5.97 Å². The van der Waals surface area contributed by atoms with Gasteiger partial charge in [0.2, 0.25) is 0 Å². The fraction of sp³-hybridized carbons (Fsp3) is 0.500. The molecule has 0 spiro atoms. The van der Waals surface area contributed by atoms with Gasteiger partial charge in [0.25, 0.3) is 0 Å². The van der Waals surface area contributed by atoms with Gasteiger partial charge in [0, 0.05) is 6.61 Å². The van der Waals surface area contributed by atoms with Crippen molar-refractivity contribution >= 4 is 5.97 Å². The van der Waals surface area contributed by atoms with Crippen molar-refractivity contribution in [3.05, 3.63) is 29.8 Å². The molecular formula is C14H18O4. The molecule has 1 aliphatic carbocycles. The van der Waals surface area contributed by atoms with Gasteiger partial charge in [-0.25, -0.2) is 0 Å². The molecule has 98 valence electrons. The first-order valence-corrected chi connectivity index (χ1v) is 6.13. The topological polar surface area (TPSA) is 66.8 Å². The van der Waals surface area contributed by atoms with Crippen LogP contribution in [0.1, 0.15) is 24.3 Å². The van der Waals surface area contributed by atoms with Crippen LogP contribution in [0.3, 0.4) is 0 Å². The van der Waals surface area contributed by atoms with E-state index in [1.54, 1.807) is 7.11 Å². The highest BCUT2D eigenvalue weighted by atomic mass is 16.5. The van der Waals surface area contributed by atoms with E-state index < -0.39 is 11.9 Å². The molecular weight excluding hydrogens is 232 g/mol. The lowest BCUT2D eigenvalue weighted by Crippen LogP contribution is -2.20. The average molecular weight is 250 g/mol. The van der Waals surface area contributed by atoms with Crippen molar-refractivity contribution in [3.63, 3.8) is 0 Å². The minimum absolute atomic E-state index is 0.0520. The third-order valence-electron chi connectivity index (χ3n) is 3.83. The molecule has 1 saturated carbocycles. The smallest absolute Gasteiger partial charge is 0.306 e. The Hall–Kier alpha value is -1.55. The molecule has 0 saturated heterocycles. The van der Waals surface area contributed by atoms with Crippen LogP contribution in [-0.2, 0) is 4.79 Å². The zero-order valence-corrected chi connectivity index (χ0v) is 10.4. The summed E-state index contributed by atoms with van der Waals surface area (Å²) in [7, 11) is 1.62. The van der Waals surface area contributed by atoms with E-state index in [9.17, 15) is 9.90 Å². The lowest BCUT2D eigenvalue weighted by Gasteiger charge is -2.11. The van der Waals surface area contributed by atoms with Crippen molar-refractivity contribution in [1.82, 2.24) is 0 Å². The Morgan fingerprint density at radius 1 is 1.33 bits per heavy atom. The number of carboxylic acid groups (broad SMARTS) is 1. The number of benzene rings is 1. The van der Waals surface area contributed by atoms with Crippen LogP contribution in [-0.4, -0.2) is 29.9 Å². The second-order valence-electron chi connectivity index (χ2n) is 4.83. The SMILES string of the molecule is COc1ccc(C2CC(CO)C(C(=O)O)C2)cc1. The summed E-state index contributed by atoms with van der Waals surface area (Å²) in [5.74, 6) is -0.346. The molecule has 1 fully saturated rings. The minimum Gasteiger partial charge on any atom is -0.497 e. The second-order valence-corrected chi connectivity index (χ2v) is 4.83. The number of carbonyl (C=O) groups is 1. The lowest BCUT2D eigenvalue weighted by atomic mass is 9.96. The van der Waals surface area contributed by atoms with E-state index in [1.807, 2.05) is 24.3 Å². The van der Waals surface area contributed by atoms with E-state index >= 15 is 0 Å². The van der Waals surface area contributed by atoms with Gasteiger partial charge in [-0.1, -0.05) is 12.1 Å². The van der Waals surface area contributed by atoms with Crippen LogP contribution in [0, 0.1) is 11.8 Å². The molecule has 4 heteroatoms. The molecule has 3 unspecified atom stereocenters. The summed E-state index contributed by atoms with van der Waals surface area (Å²) >= 11 is 0. The van der Waals surface area contributed by atoms with Crippen molar-refractivity contribution < 1.29 is 19.7 Å². The maximum Gasteiger partial charge on any atom is 0.306 e. The summed E-state index contributed by atoms with van der Waals surface area (Å²) in [4.78, 5) is 11.1. The van der Waals surface area contributed by atoms with E-state index in [0.29, 0.717) is 6.42 Å². The van der Waals surface area contributed by atoms with Crippen LogP contribution in [0.15, 0.2) is 24.3 Å². The molecule has 0 heterocycles. The van der Waals surface area contributed by atoms with E-state index in [1.165, 1.54) is 0 Å². The molecule has 0 radical (unpaired) electrons. The number of aliphatic carboxylic acids is 1. The van der Waals surface area contributed by atoms with Crippen molar-refractivity contribution in [1.29, 1.82) is 0 Å². The summed E-state index contributed by atoms with van der Waals surface area (Å²) in [6.07, 6.45) is 1.34. The van der Waals surface area contributed by atoms with Crippen molar-refractivity contribution in [2.75, 3.05) is 13.7 Å². The Kier molecular flexibility index (Phi) is 3.87. The van der Waals surface area contributed by atoms with E-state index in [-0.39, 0.29) is 18.4 Å². The van der Waals surface area contributed by atoms with Crippen molar-refractivity contribution in [3.8, 4) is 5.75 Å². The highest BCUT2D eigenvalue weighted by Crippen LogP contribution is 2.42. The predicted octanol–water partition coefficient (Wildman–Crippen LogP) is 1.88. The van der Waals surface area contributed by atoms with Crippen LogP contribution in [0.5, 0.6) is 5.75 Å². The molecule has 0 amide bonds. The average Bonchev–Trinajstić information content (AvgIpc) is 2.83. The highest BCUT2D eigenvalue weighted by Gasteiger charge is 2.38. The molecule has 0 bridgehead atoms. The largest absolute Gasteiger partial charge is 0.497 e. The van der Waals surface area contributed by atoms with E-state index in [2.05, 4.69) is 0 Å². The standard InChI is InChI=1S/C14H18O4/c1-18-12-4-2-9(3-5-12)10-6-11(8-15)13(7-10)14(16)17/h2-5,10-11,13,15H,6-8H2,1H3,(H,16,17). The van der Waals surface area contributed by atoms with Crippen LogP contribution in [0.4, 0.5) is 0 Å². The molecule has 1 aromatic rings. The molecule has 2 N–H and O–H groups in total. The minimum atomic E-state index is -0.801. The molecule has 1 aromatic carbocycles. The fourth-order valence-corrected chi connectivity index (χ4v) is 2.78. The summed E-state index contributed by atoms with van der Waals surface area (Å²) < 4.78 is 5.10. The summed E-state index contributed by atoms with van der Waals surface area (Å²) in [5, 5.41) is 18.4. The Morgan fingerprint density at radius 3 is 2.44 bits per heavy atom. The van der Waals surface area contributed by atoms with Gasteiger partial charge in [-0.15, -0.1) is 0 Å². The predicted molar refractivity (Wildman–Crippen MR) is 66.7 cm³/mol. The molecule has 1 aliphatic rings. The molecule has 0 aliphatic heterocycles. The van der Waals surface area contributed by atoms with Crippen molar-refractivity contribution in [2.45, 2.75) is 18.8 Å². The van der Waals surface area contributed by atoms with Crippen LogP contribution in [0.25, 0.3) is 0 Å². The first kappa shape index (κ1) is 12.9. The maximum absolute atomic E-state index is 11.1. The molecule has 0 aromatic heterocycles. The first-order chi connectivity index (χ1) is 8.65. The van der Waals surface area contributed by atoms with Crippen LogP contribution in [0.2, 0.25) is 0 Å². The maximum atomic E-state index is 11.1. The van der Waals surface area contributed by atoms with Gasteiger partial charge in [-0.2, -0.15) is 0 Å². The summed E-state index contributed by atoms with van der Waals surface area (Å²) in [6, 6.07) is 7.72. The third kappa shape index (κ3) is 2.48. The number of hydrogen-bond donors (Lipinski definition) is 2. The van der Waals surface area contributed by atoms with Gasteiger partial charge < -0.3 is 14.9 Å². The van der Waals surface area contributed by atoms with Crippen LogP contribution >= 0.6 is 0 Å². The monoisotopic (exact) mass is 250 g/mol. The van der Waals surface area contributed by atoms with Gasteiger partial charge in [0.15, 0.2) is 0 Å². The number of methoxy groups -OCH3 is 1. The Morgan fingerprint density at radius 2 is 2.00 bits per heavy atom. The van der Waals surface area contributed by atoms with Gasteiger partial charge in [0.05, 0.1) is 13.0 Å². The Bertz CT molecular complexity index is 412. The lowest BCUT2D eigenvalue weighted by molar-refractivity contribution is -0.143. The third-order valence-corrected chi connectivity index (χ3v) is 3.83. The zero-order valence-electron chi connectivity index (χ0n) is 10.4. The number of rotatable bonds is 4. The summed E-state index contributed by atoms with van der Waals surface area (Å²) in [5.41, 5.74) is 1.12. The molecule has 4 nitrogen and oxygen atoms in total. The molecule has 2 rings (SSSR count). The normalized spacial score (nSPS) is 27.1. The van der Waals surface area contributed by atoms with Gasteiger partial charge in [-0.05, 0) is 42.4 Å². The Labute approximate surface area is 106 Å². The zero-order chi connectivity index (χ0) is 13.1. The Balaban J connectivity index is 2.12. The summed E-state index contributed by atoms with van der Waals surface area (Å²) in [6.45, 7) is -0.0520. The van der Waals surface area contributed by atoms with E-state index in [0.717, 1.165) is 17.7 Å². The fourth-order valence-electron chi connectivity index (χ4n) is 2.78. The first-order valence-electron chi connectivity index (χ1n) is 6.13. The molecule has 18 heavy (non-hydrogen) atoms. The number of hydrogen-bond acceptors (Lipinski definition) is 3. The van der Waals surface area contributed by atoms with Gasteiger partial charge in [0.1, 0.15) is 5.75 Å². The van der Waals surface area contributed by atoms with Crippen LogP contribution < -0.4 is 4.74 Å².